The first-order chi connectivity index (χ1) is 14.2. The quantitative estimate of drug-likeness (QED) is 0.726. The van der Waals surface area contributed by atoms with E-state index in [1.54, 1.807) is 6.07 Å². The molecule has 150 valence electrons. The standard InChI is InChI=1S/C21H23N5O3/c27-19(8-11-26-16-4-1-2-6-18(16)29-21(26)28)25-10-3-5-17(25)20-23-13-14-12-22-9-7-15(14)24-20/h1-2,4,6,13,17,22H,3,5,7-12H2. The summed E-state index contributed by atoms with van der Waals surface area (Å²) >= 11 is 0. The molecule has 8 heteroatoms. The predicted molar refractivity (Wildman–Crippen MR) is 106 cm³/mol. The summed E-state index contributed by atoms with van der Waals surface area (Å²) in [4.78, 5) is 36.3. The fraction of sp³-hybridized carbons (Fsp3) is 0.429. The highest BCUT2D eigenvalue weighted by Gasteiger charge is 2.32. The Labute approximate surface area is 167 Å². The molecular weight excluding hydrogens is 370 g/mol. The van der Waals surface area contributed by atoms with Crippen molar-refractivity contribution >= 4 is 17.0 Å². The average molecular weight is 393 g/mol. The van der Waals surface area contributed by atoms with Gasteiger partial charge in [0.25, 0.3) is 0 Å². The van der Waals surface area contributed by atoms with E-state index >= 15 is 0 Å². The molecule has 8 nitrogen and oxygen atoms in total. The minimum absolute atomic E-state index is 0.0210. The lowest BCUT2D eigenvalue weighted by atomic mass is 10.1. The third-order valence-corrected chi connectivity index (χ3v) is 5.82. The fourth-order valence-corrected chi connectivity index (χ4v) is 4.32. The molecule has 2 aromatic heterocycles. The van der Waals surface area contributed by atoms with Gasteiger partial charge in [0.1, 0.15) is 0 Å². The minimum atomic E-state index is -0.427. The van der Waals surface area contributed by atoms with E-state index in [9.17, 15) is 9.59 Å². The second-order valence-electron chi connectivity index (χ2n) is 7.61. The van der Waals surface area contributed by atoms with Crippen LogP contribution in [0.3, 0.4) is 0 Å². The number of hydrogen-bond acceptors (Lipinski definition) is 6. The molecule has 1 N–H and O–H groups in total. The van der Waals surface area contributed by atoms with E-state index < -0.39 is 5.76 Å². The van der Waals surface area contributed by atoms with E-state index in [1.165, 1.54) is 4.57 Å². The Kier molecular flexibility index (Phi) is 4.63. The summed E-state index contributed by atoms with van der Waals surface area (Å²) in [6.07, 6.45) is 4.84. The Morgan fingerprint density at radius 3 is 3.14 bits per heavy atom. The van der Waals surface area contributed by atoms with Gasteiger partial charge < -0.3 is 14.6 Å². The number of fused-ring (bicyclic) bond motifs is 2. The van der Waals surface area contributed by atoms with Gasteiger partial charge in [-0.25, -0.2) is 14.8 Å². The first-order valence-corrected chi connectivity index (χ1v) is 10.1. The Balaban J connectivity index is 1.33. The van der Waals surface area contributed by atoms with Gasteiger partial charge in [0.2, 0.25) is 5.91 Å². The maximum absolute atomic E-state index is 13.0. The van der Waals surface area contributed by atoms with Crippen molar-refractivity contribution in [1.82, 2.24) is 24.8 Å². The number of aryl methyl sites for hydroxylation is 1. The SMILES string of the molecule is O=C(CCn1c(=O)oc2ccccc21)N1CCCC1c1ncc2c(n1)CCNC2. The maximum Gasteiger partial charge on any atom is 0.419 e. The van der Waals surface area contributed by atoms with Crippen LogP contribution in [0.1, 0.15) is 42.4 Å². The number of carbonyl (C=O) groups is 1. The number of aromatic nitrogens is 3. The Morgan fingerprint density at radius 2 is 2.21 bits per heavy atom. The number of nitrogens with zero attached hydrogens (tertiary/aromatic N) is 4. The van der Waals surface area contributed by atoms with Crippen LogP contribution in [0, 0.1) is 0 Å². The number of oxazole rings is 1. The Bertz CT molecular complexity index is 1120. The number of carbonyl (C=O) groups excluding carboxylic acids is 1. The number of nitrogens with one attached hydrogen (secondary N) is 1. The predicted octanol–water partition coefficient (Wildman–Crippen LogP) is 1.78. The molecule has 1 unspecified atom stereocenters. The van der Waals surface area contributed by atoms with Gasteiger partial charge >= 0.3 is 5.76 Å². The molecule has 3 aromatic rings. The molecule has 0 aliphatic carbocycles. The molecule has 1 aromatic carbocycles. The van der Waals surface area contributed by atoms with Crippen molar-refractivity contribution in [3.05, 3.63) is 58.1 Å². The minimum Gasteiger partial charge on any atom is -0.408 e. The van der Waals surface area contributed by atoms with Crippen LogP contribution in [0.25, 0.3) is 11.1 Å². The van der Waals surface area contributed by atoms with Crippen LogP contribution < -0.4 is 11.1 Å². The summed E-state index contributed by atoms with van der Waals surface area (Å²) in [5.41, 5.74) is 3.49. The Hall–Kier alpha value is -3.00. The molecule has 0 saturated carbocycles. The lowest BCUT2D eigenvalue weighted by molar-refractivity contribution is -0.132. The molecule has 2 aliphatic rings. The van der Waals surface area contributed by atoms with E-state index in [4.69, 9.17) is 9.40 Å². The molecule has 1 amide bonds. The van der Waals surface area contributed by atoms with Gasteiger partial charge in [-0.05, 0) is 25.0 Å². The molecule has 5 rings (SSSR count). The van der Waals surface area contributed by atoms with Crippen LogP contribution in [0.2, 0.25) is 0 Å². The number of amides is 1. The van der Waals surface area contributed by atoms with Gasteiger partial charge in [-0.15, -0.1) is 0 Å². The number of likely N-dealkylation sites (tertiary alicyclic amines) is 1. The first kappa shape index (κ1) is 18.1. The van der Waals surface area contributed by atoms with Crippen molar-refractivity contribution in [2.75, 3.05) is 13.1 Å². The third-order valence-electron chi connectivity index (χ3n) is 5.82. The molecule has 1 saturated heterocycles. The molecular formula is C21H23N5O3. The van der Waals surface area contributed by atoms with Crippen LogP contribution in [0.4, 0.5) is 0 Å². The first-order valence-electron chi connectivity index (χ1n) is 10.1. The highest BCUT2D eigenvalue weighted by atomic mass is 16.4. The number of para-hydroxylation sites is 2. The van der Waals surface area contributed by atoms with Crippen molar-refractivity contribution in [2.45, 2.75) is 44.8 Å². The lowest BCUT2D eigenvalue weighted by Crippen LogP contribution is -2.33. The second kappa shape index (κ2) is 7.44. The van der Waals surface area contributed by atoms with Crippen LogP contribution in [-0.2, 0) is 24.3 Å². The number of benzene rings is 1. The van der Waals surface area contributed by atoms with E-state index in [0.29, 0.717) is 18.7 Å². The monoisotopic (exact) mass is 393 g/mol. The van der Waals surface area contributed by atoms with Crippen molar-refractivity contribution < 1.29 is 9.21 Å². The zero-order valence-electron chi connectivity index (χ0n) is 16.1. The van der Waals surface area contributed by atoms with Gasteiger partial charge in [0.05, 0.1) is 11.6 Å². The highest BCUT2D eigenvalue weighted by molar-refractivity contribution is 5.77. The third kappa shape index (κ3) is 3.33. The Morgan fingerprint density at radius 1 is 1.31 bits per heavy atom. The molecule has 0 spiro atoms. The molecule has 4 heterocycles. The van der Waals surface area contributed by atoms with Gasteiger partial charge in [-0.2, -0.15) is 0 Å². The molecule has 2 aliphatic heterocycles. The van der Waals surface area contributed by atoms with Crippen LogP contribution in [-0.4, -0.2) is 38.4 Å². The zero-order valence-corrected chi connectivity index (χ0v) is 16.1. The zero-order chi connectivity index (χ0) is 19.8. The molecule has 0 radical (unpaired) electrons. The van der Waals surface area contributed by atoms with Crippen molar-refractivity contribution in [3.8, 4) is 0 Å². The van der Waals surface area contributed by atoms with Crippen molar-refractivity contribution in [2.24, 2.45) is 0 Å². The molecule has 0 bridgehead atoms. The van der Waals surface area contributed by atoms with E-state index in [2.05, 4.69) is 10.3 Å². The summed E-state index contributed by atoms with van der Waals surface area (Å²) in [6.45, 7) is 2.72. The molecule has 1 fully saturated rings. The lowest BCUT2D eigenvalue weighted by Gasteiger charge is -2.25. The van der Waals surface area contributed by atoms with Gasteiger partial charge in [-0.3, -0.25) is 9.36 Å². The summed E-state index contributed by atoms with van der Waals surface area (Å²) in [5, 5.41) is 3.32. The summed E-state index contributed by atoms with van der Waals surface area (Å²) in [6, 6.07) is 7.19. The topological polar surface area (TPSA) is 93.3 Å². The van der Waals surface area contributed by atoms with Crippen molar-refractivity contribution in [3.63, 3.8) is 0 Å². The van der Waals surface area contributed by atoms with Crippen molar-refractivity contribution in [1.29, 1.82) is 0 Å². The van der Waals surface area contributed by atoms with Crippen LogP contribution >= 0.6 is 0 Å². The normalized spacial score (nSPS) is 18.9. The maximum atomic E-state index is 13.0. The van der Waals surface area contributed by atoms with Crippen LogP contribution in [0.5, 0.6) is 0 Å². The number of rotatable bonds is 4. The van der Waals surface area contributed by atoms with Gasteiger partial charge in [0, 0.05) is 56.5 Å². The van der Waals surface area contributed by atoms with E-state index in [1.807, 2.05) is 29.3 Å². The van der Waals surface area contributed by atoms with Gasteiger partial charge in [-0.1, -0.05) is 12.1 Å². The summed E-state index contributed by atoms with van der Waals surface area (Å²) < 4.78 is 6.79. The fourth-order valence-electron chi connectivity index (χ4n) is 4.32. The summed E-state index contributed by atoms with van der Waals surface area (Å²) in [5.74, 6) is 0.332. The summed E-state index contributed by atoms with van der Waals surface area (Å²) in [7, 11) is 0. The van der Waals surface area contributed by atoms with E-state index in [-0.39, 0.29) is 18.4 Å². The molecule has 1 atom stereocenters. The average Bonchev–Trinajstić information content (AvgIpc) is 3.36. The largest absolute Gasteiger partial charge is 0.419 e. The smallest absolute Gasteiger partial charge is 0.408 e. The second-order valence-corrected chi connectivity index (χ2v) is 7.61. The van der Waals surface area contributed by atoms with Crippen LogP contribution in [0.15, 0.2) is 39.7 Å². The highest BCUT2D eigenvalue weighted by Crippen LogP contribution is 2.31. The van der Waals surface area contributed by atoms with E-state index in [0.717, 1.165) is 55.0 Å². The van der Waals surface area contributed by atoms with Gasteiger partial charge in [0.15, 0.2) is 11.4 Å². The molecule has 29 heavy (non-hydrogen) atoms. The number of hydrogen-bond donors (Lipinski definition) is 1.